The van der Waals surface area contributed by atoms with E-state index in [2.05, 4.69) is 26.2 Å². The van der Waals surface area contributed by atoms with Crippen LogP contribution in [-0.2, 0) is 6.54 Å². The van der Waals surface area contributed by atoms with E-state index < -0.39 is 0 Å². The maximum absolute atomic E-state index is 6.37. The van der Waals surface area contributed by atoms with Gasteiger partial charge in [0.15, 0.2) is 5.75 Å². The van der Waals surface area contributed by atoms with Gasteiger partial charge in [-0.1, -0.05) is 23.2 Å². The fraction of sp³-hybridized carbons (Fsp3) is 0.130. The first kappa shape index (κ1) is 20.0. The van der Waals surface area contributed by atoms with E-state index in [0.29, 0.717) is 29.6 Å². The van der Waals surface area contributed by atoms with Crippen LogP contribution < -0.4 is 16.2 Å². The Morgan fingerprint density at radius 2 is 1.33 bits per heavy atom. The van der Waals surface area contributed by atoms with Crippen molar-refractivity contribution >= 4 is 78.7 Å². The molecule has 3 aromatic heterocycles. The lowest BCUT2D eigenvalue weighted by molar-refractivity contribution is 0.308. The van der Waals surface area contributed by atoms with Crippen molar-refractivity contribution in [1.29, 1.82) is 0 Å². The van der Waals surface area contributed by atoms with Crippen LogP contribution in [0, 0.1) is 0 Å². The maximum Gasteiger partial charge on any atom is 0.223 e. The highest BCUT2D eigenvalue weighted by Crippen LogP contribution is 2.41. The molecule has 0 aliphatic carbocycles. The molecule has 6 aromatic rings. The molecule has 10 heteroatoms. The van der Waals surface area contributed by atoms with E-state index in [1.807, 2.05) is 36.4 Å². The summed E-state index contributed by atoms with van der Waals surface area (Å²) in [5.74, 6) is 1.32. The van der Waals surface area contributed by atoms with Crippen LogP contribution >= 0.6 is 23.2 Å². The molecule has 0 radical (unpaired) electrons. The Bertz CT molecular complexity index is 1570. The first-order chi connectivity index (χ1) is 16.0. The van der Waals surface area contributed by atoms with Gasteiger partial charge in [0, 0.05) is 49.2 Å². The van der Waals surface area contributed by atoms with E-state index in [1.165, 1.54) is 0 Å². The highest BCUT2D eigenvalue weighted by molar-refractivity contribution is 6.33. The molecule has 3 aromatic carbocycles. The predicted molar refractivity (Wildman–Crippen MR) is 134 cm³/mol. The Hall–Kier alpha value is -3.62. The molecule has 0 aliphatic heterocycles. The van der Waals surface area contributed by atoms with Gasteiger partial charge in [-0.2, -0.15) is 0 Å². The Morgan fingerprint density at radius 1 is 0.788 bits per heavy atom. The lowest BCUT2D eigenvalue weighted by atomic mass is 10.1. The summed E-state index contributed by atoms with van der Waals surface area (Å²) in [5, 5.41) is 13.1. The zero-order valence-corrected chi connectivity index (χ0v) is 18.8. The third-order valence-electron chi connectivity index (χ3n) is 5.92. The number of hydrogen-bond acceptors (Lipinski definition) is 5. The van der Waals surface area contributed by atoms with Crippen molar-refractivity contribution in [2.24, 2.45) is 0 Å². The fourth-order valence-electron chi connectivity index (χ4n) is 4.40. The Morgan fingerprint density at radius 3 is 1.88 bits per heavy atom. The second-order valence-electron chi connectivity index (χ2n) is 7.95. The summed E-state index contributed by atoms with van der Waals surface area (Å²) in [4.78, 5) is 7.00. The summed E-state index contributed by atoms with van der Waals surface area (Å²) in [6.45, 7) is 0.992. The third-order valence-corrected chi connectivity index (χ3v) is 6.40. The van der Waals surface area contributed by atoms with Gasteiger partial charge in [-0.15, -0.1) is 10.2 Å². The highest BCUT2D eigenvalue weighted by atomic mass is 35.5. The van der Waals surface area contributed by atoms with Crippen LogP contribution in [0.25, 0.3) is 43.6 Å². The van der Waals surface area contributed by atoms with Crippen molar-refractivity contribution in [2.45, 2.75) is 13.0 Å². The number of H-pyrrole nitrogens is 2. The van der Waals surface area contributed by atoms with Crippen LogP contribution in [0.1, 0.15) is 6.42 Å². The minimum Gasteiger partial charge on any atom is -0.489 e. The van der Waals surface area contributed by atoms with Gasteiger partial charge in [-0.05, 0) is 48.9 Å². The number of benzene rings is 3. The van der Waals surface area contributed by atoms with Crippen LogP contribution in [-0.4, -0.2) is 31.3 Å². The van der Waals surface area contributed by atoms with Crippen molar-refractivity contribution in [3.8, 4) is 5.75 Å². The maximum atomic E-state index is 6.37. The second kappa shape index (κ2) is 7.47. The normalized spacial score (nSPS) is 11.9. The molecular formula is C23H19Cl2N7O. The van der Waals surface area contributed by atoms with E-state index in [0.717, 1.165) is 49.4 Å². The van der Waals surface area contributed by atoms with Gasteiger partial charge < -0.3 is 26.2 Å². The van der Waals surface area contributed by atoms with Crippen LogP contribution in [0.15, 0.2) is 42.5 Å². The molecule has 0 saturated heterocycles. The number of aromatic amines is 2. The molecule has 8 nitrogen and oxygen atoms in total. The number of hydrogen-bond donors (Lipinski definition) is 4. The molecule has 0 saturated carbocycles. The van der Waals surface area contributed by atoms with E-state index in [-0.39, 0.29) is 11.9 Å². The molecular weight excluding hydrogens is 461 g/mol. The zero-order valence-electron chi connectivity index (χ0n) is 17.3. The van der Waals surface area contributed by atoms with Crippen molar-refractivity contribution in [3.63, 3.8) is 0 Å². The van der Waals surface area contributed by atoms with Gasteiger partial charge in [0.25, 0.3) is 0 Å². The molecule has 0 fully saturated rings. The average Bonchev–Trinajstić information content (AvgIpc) is 3.44. The molecule has 33 heavy (non-hydrogen) atoms. The van der Waals surface area contributed by atoms with Gasteiger partial charge in [-0.3, -0.25) is 4.57 Å². The van der Waals surface area contributed by atoms with E-state index in [4.69, 9.17) is 39.4 Å². The summed E-state index contributed by atoms with van der Waals surface area (Å²) in [6.07, 6.45) is 0.669. The van der Waals surface area contributed by atoms with Gasteiger partial charge in [0.2, 0.25) is 11.9 Å². The molecule has 0 aliphatic rings. The monoisotopic (exact) mass is 479 g/mol. The number of nitrogen functional groups attached to an aromatic ring is 2. The lowest BCUT2D eigenvalue weighted by Crippen LogP contribution is -2.10. The van der Waals surface area contributed by atoms with Crippen molar-refractivity contribution < 1.29 is 4.74 Å². The van der Waals surface area contributed by atoms with E-state index in [9.17, 15) is 0 Å². The van der Waals surface area contributed by atoms with Gasteiger partial charge in [0.1, 0.15) is 0 Å². The molecule has 6 rings (SSSR count). The molecule has 0 spiro atoms. The van der Waals surface area contributed by atoms with Crippen LogP contribution in [0.3, 0.4) is 0 Å². The third kappa shape index (κ3) is 3.21. The number of nitrogens with two attached hydrogens (primary N) is 2. The summed E-state index contributed by atoms with van der Waals surface area (Å²) >= 11 is 12.6. The number of fused-ring (bicyclic) bond motifs is 6. The van der Waals surface area contributed by atoms with Crippen molar-refractivity contribution in [3.05, 3.63) is 52.5 Å². The van der Waals surface area contributed by atoms with E-state index >= 15 is 0 Å². The Balaban J connectivity index is 1.48. The topological polar surface area (TPSA) is 124 Å². The largest absolute Gasteiger partial charge is 0.489 e. The van der Waals surface area contributed by atoms with Crippen LogP contribution in [0.5, 0.6) is 5.75 Å². The van der Waals surface area contributed by atoms with Crippen molar-refractivity contribution in [2.75, 3.05) is 18.1 Å². The number of halogens is 2. The first-order valence-electron chi connectivity index (χ1n) is 10.4. The minimum absolute atomic E-state index is 0.289. The molecule has 6 N–H and O–H groups in total. The minimum atomic E-state index is 0.289. The van der Waals surface area contributed by atoms with E-state index in [1.54, 1.807) is 4.57 Å². The number of aromatic nitrogens is 5. The lowest BCUT2D eigenvalue weighted by Gasteiger charge is -2.10. The van der Waals surface area contributed by atoms with Crippen molar-refractivity contribution in [1.82, 2.24) is 24.7 Å². The first-order valence-corrected chi connectivity index (χ1v) is 11.2. The van der Waals surface area contributed by atoms with Gasteiger partial charge >= 0.3 is 0 Å². The van der Waals surface area contributed by atoms with Gasteiger partial charge in [-0.25, -0.2) is 0 Å². The summed E-state index contributed by atoms with van der Waals surface area (Å²) in [5.41, 5.74) is 15.4. The molecule has 0 amide bonds. The highest BCUT2D eigenvalue weighted by Gasteiger charge is 2.18. The Labute approximate surface area is 197 Å². The molecule has 3 heterocycles. The predicted octanol–water partition coefficient (Wildman–Crippen LogP) is 5.49. The molecule has 0 atom stereocenters. The number of ether oxygens (including phenoxy) is 1. The Kier molecular flexibility index (Phi) is 4.53. The average molecular weight is 480 g/mol. The number of anilines is 2. The van der Waals surface area contributed by atoms with Crippen LogP contribution in [0.4, 0.5) is 11.9 Å². The second-order valence-corrected chi connectivity index (χ2v) is 8.82. The summed E-state index contributed by atoms with van der Waals surface area (Å²) < 4.78 is 8.03. The fourth-order valence-corrected chi connectivity index (χ4v) is 4.74. The molecule has 0 bridgehead atoms. The summed E-state index contributed by atoms with van der Waals surface area (Å²) in [6, 6.07) is 13.8. The van der Waals surface area contributed by atoms with Gasteiger partial charge in [0.05, 0.1) is 17.6 Å². The number of nitrogens with zero attached hydrogens (tertiary/aromatic N) is 3. The van der Waals surface area contributed by atoms with Crippen LogP contribution in [0.2, 0.25) is 10.0 Å². The number of nitrogens with one attached hydrogen (secondary N) is 2. The quantitative estimate of drug-likeness (QED) is 0.243. The molecule has 0 unspecified atom stereocenters. The summed E-state index contributed by atoms with van der Waals surface area (Å²) in [7, 11) is 0. The standard InChI is InChI=1S/C23H19Cl2N7O/c24-11-2-4-17-13(8-11)15-10-16-14-9-12(25)3-5-18(14)29-20(16)21(19(15)28-17)33-7-1-6-32-22(26)30-31-23(32)27/h2-5,8-10,28-29H,1,6-7H2,(H2,26,30)(H2,27,31). The smallest absolute Gasteiger partial charge is 0.223 e. The number of rotatable bonds is 5. The SMILES string of the molecule is Nc1nnc(N)n1CCCOc1c2[nH]c3ccc(Cl)cc3c2cc2c1[nH]c1ccc(Cl)cc12. The zero-order chi connectivity index (χ0) is 22.7. The molecule has 166 valence electrons.